The fourth-order valence-corrected chi connectivity index (χ4v) is 0.730. The topological polar surface area (TPSA) is 38.9 Å². The Morgan fingerprint density at radius 1 is 1.33 bits per heavy atom. The lowest BCUT2D eigenvalue weighted by molar-refractivity contribution is 0.116. The summed E-state index contributed by atoms with van der Waals surface area (Å²) in [4.78, 5) is 3.20. The molecule has 0 aliphatic rings. The van der Waals surface area contributed by atoms with E-state index >= 15 is 0 Å². The summed E-state index contributed by atoms with van der Waals surface area (Å²) in [5.41, 5.74) is 5.21. The zero-order chi connectivity index (χ0) is 9.14. The minimum Gasteiger partial charge on any atom is -0.319 e. The van der Waals surface area contributed by atoms with Gasteiger partial charge >= 0.3 is 0 Å². The number of nitrogens with two attached hydrogens (primary N) is 1. The number of rotatable bonds is 2. The van der Waals surface area contributed by atoms with Crippen LogP contribution in [-0.4, -0.2) is 11.4 Å². The maximum Gasteiger partial charge on any atom is 0.257 e. The maximum atomic E-state index is 12.2. The number of pyridine rings is 1. The van der Waals surface area contributed by atoms with E-state index in [0.717, 1.165) is 12.3 Å². The molecule has 0 saturated heterocycles. The molecule has 1 aromatic rings. The Kier molecular flexibility index (Phi) is 2.65. The van der Waals surface area contributed by atoms with Crippen molar-refractivity contribution in [1.82, 2.24) is 4.98 Å². The van der Waals surface area contributed by atoms with Crippen molar-refractivity contribution in [3.05, 3.63) is 29.8 Å². The molecule has 1 atom stereocenters. The molecule has 0 fully saturated rings. The smallest absolute Gasteiger partial charge is 0.257 e. The van der Waals surface area contributed by atoms with Crippen LogP contribution in [0.25, 0.3) is 0 Å². The molecule has 5 heteroatoms. The second-order valence-electron chi connectivity index (χ2n) is 2.27. The van der Waals surface area contributed by atoms with Crippen molar-refractivity contribution in [2.24, 2.45) is 5.73 Å². The van der Waals surface area contributed by atoms with Crippen LogP contribution < -0.4 is 5.73 Å². The number of nitrogens with zero attached hydrogens (tertiary/aromatic N) is 1. The normalized spacial score (nSPS) is 13.4. The van der Waals surface area contributed by atoms with Crippen molar-refractivity contribution >= 4 is 0 Å². The summed E-state index contributed by atoms with van der Waals surface area (Å²) in [6, 6.07) is 0.801. The largest absolute Gasteiger partial charge is 0.319 e. The first-order valence-corrected chi connectivity index (χ1v) is 3.26. The first kappa shape index (κ1) is 8.99. The molecular formula is C7H7F3N2. The molecule has 66 valence electrons. The van der Waals surface area contributed by atoms with Crippen LogP contribution in [0.15, 0.2) is 18.3 Å². The zero-order valence-corrected chi connectivity index (χ0v) is 6.05. The highest BCUT2D eigenvalue weighted by molar-refractivity contribution is 5.14. The van der Waals surface area contributed by atoms with Crippen LogP contribution in [-0.2, 0) is 0 Å². The molecule has 0 saturated carbocycles. The van der Waals surface area contributed by atoms with Gasteiger partial charge in [0.2, 0.25) is 5.95 Å². The Morgan fingerprint density at radius 3 is 2.42 bits per heavy atom. The van der Waals surface area contributed by atoms with Gasteiger partial charge in [0.1, 0.15) is 0 Å². The molecule has 0 aliphatic carbocycles. The Morgan fingerprint density at radius 2 is 2.00 bits per heavy atom. The van der Waals surface area contributed by atoms with Gasteiger partial charge in [-0.25, -0.2) is 13.8 Å². The fourth-order valence-electron chi connectivity index (χ4n) is 0.730. The lowest BCUT2D eigenvalue weighted by Crippen LogP contribution is -2.19. The van der Waals surface area contributed by atoms with Gasteiger partial charge in [0.25, 0.3) is 6.43 Å². The van der Waals surface area contributed by atoms with E-state index in [1.165, 1.54) is 6.07 Å². The minimum absolute atomic E-state index is 0.131. The Labute approximate surface area is 67.2 Å². The predicted molar refractivity (Wildman–Crippen MR) is 37.1 cm³/mol. The van der Waals surface area contributed by atoms with Crippen molar-refractivity contribution in [2.75, 3.05) is 0 Å². The van der Waals surface area contributed by atoms with Crippen LogP contribution in [0.3, 0.4) is 0 Å². The van der Waals surface area contributed by atoms with E-state index in [0.29, 0.717) is 0 Å². The SMILES string of the molecule is NC(c1ccc(F)nc1)C(F)F. The molecule has 2 nitrogen and oxygen atoms in total. The van der Waals surface area contributed by atoms with E-state index in [4.69, 9.17) is 5.73 Å². The Hall–Kier alpha value is -1.10. The minimum atomic E-state index is -2.66. The van der Waals surface area contributed by atoms with Crippen molar-refractivity contribution in [3.63, 3.8) is 0 Å². The summed E-state index contributed by atoms with van der Waals surface area (Å²) < 4.78 is 36.1. The first-order chi connectivity index (χ1) is 5.61. The standard InChI is InChI=1S/C7H7F3N2/c8-5-2-1-4(3-12-5)6(11)7(9)10/h1-3,6-7H,11H2. The van der Waals surface area contributed by atoms with Gasteiger partial charge in [0.05, 0.1) is 6.04 Å². The second kappa shape index (κ2) is 3.53. The lowest BCUT2D eigenvalue weighted by atomic mass is 10.1. The van der Waals surface area contributed by atoms with E-state index in [-0.39, 0.29) is 5.56 Å². The van der Waals surface area contributed by atoms with E-state index < -0.39 is 18.4 Å². The highest BCUT2D eigenvalue weighted by atomic mass is 19.3. The van der Waals surface area contributed by atoms with Gasteiger partial charge in [0, 0.05) is 6.20 Å². The molecule has 0 radical (unpaired) electrons. The summed E-state index contributed by atoms with van der Waals surface area (Å²) in [5, 5.41) is 0. The van der Waals surface area contributed by atoms with Gasteiger partial charge in [-0.15, -0.1) is 0 Å². The van der Waals surface area contributed by atoms with Crippen LogP contribution in [0, 0.1) is 5.95 Å². The highest BCUT2D eigenvalue weighted by Gasteiger charge is 2.17. The lowest BCUT2D eigenvalue weighted by Gasteiger charge is -2.08. The average molecular weight is 176 g/mol. The van der Waals surface area contributed by atoms with Crippen molar-refractivity contribution in [1.29, 1.82) is 0 Å². The van der Waals surface area contributed by atoms with E-state index in [1.807, 2.05) is 0 Å². The van der Waals surface area contributed by atoms with E-state index in [2.05, 4.69) is 4.98 Å². The molecule has 1 aromatic heterocycles. The summed E-state index contributed by atoms with van der Waals surface area (Å²) in [7, 11) is 0. The van der Waals surface area contributed by atoms with Gasteiger partial charge in [0.15, 0.2) is 0 Å². The highest BCUT2D eigenvalue weighted by Crippen LogP contribution is 2.16. The molecule has 1 heterocycles. The first-order valence-electron chi connectivity index (χ1n) is 3.26. The van der Waals surface area contributed by atoms with Gasteiger partial charge in [-0.3, -0.25) is 0 Å². The second-order valence-corrected chi connectivity index (χ2v) is 2.27. The summed E-state index contributed by atoms with van der Waals surface area (Å²) in [6.07, 6.45) is -1.65. The number of aromatic nitrogens is 1. The third-order valence-corrected chi connectivity index (χ3v) is 1.41. The third-order valence-electron chi connectivity index (χ3n) is 1.41. The monoisotopic (exact) mass is 176 g/mol. The maximum absolute atomic E-state index is 12.2. The predicted octanol–water partition coefficient (Wildman–Crippen LogP) is 1.49. The molecule has 1 unspecified atom stereocenters. The Bertz CT molecular complexity index is 247. The third kappa shape index (κ3) is 1.94. The van der Waals surface area contributed by atoms with Crippen LogP contribution in [0.2, 0.25) is 0 Å². The van der Waals surface area contributed by atoms with Gasteiger partial charge in [-0.1, -0.05) is 6.07 Å². The summed E-state index contributed by atoms with van der Waals surface area (Å²) >= 11 is 0. The van der Waals surface area contributed by atoms with Gasteiger partial charge < -0.3 is 5.73 Å². The molecule has 12 heavy (non-hydrogen) atoms. The quantitative estimate of drug-likeness (QED) is 0.693. The van der Waals surface area contributed by atoms with E-state index in [9.17, 15) is 13.2 Å². The van der Waals surface area contributed by atoms with Crippen LogP contribution in [0.1, 0.15) is 11.6 Å². The van der Waals surface area contributed by atoms with Gasteiger partial charge in [-0.2, -0.15) is 4.39 Å². The number of alkyl halides is 2. The zero-order valence-electron chi connectivity index (χ0n) is 6.05. The van der Waals surface area contributed by atoms with Crippen LogP contribution in [0.5, 0.6) is 0 Å². The molecule has 1 rings (SSSR count). The molecule has 0 aromatic carbocycles. The number of halogens is 3. The summed E-state index contributed by atoms with van der Waals surface area (Å²) in [5.74, 6) is -0.708. The Balaban J connectivity index is 2.82. The molecule has 0 amide bonds. The van der Waals surface area contributed by atoms with Crippen molar-refractivity contribution in [3.8, 4) is 0 Å². The van der Waals surface area contributed by atoms with Crippen molar-refractivity contribution < 1.29 is 13.2 Å². The molecule has 0 bridgehead atoms. The van der Waals surface area contributed by atoms with Crippen molar-refractivity contribution in [2.45, 2.75) is 12.5 Å². The fraction of sp³-hybridized carbons (Fsp3) is 0.286. The van der Waals surface area contributed by atoms with Gasteiger partial charge in [-0.05, 0) is 11.6 Å². The van der Waals surface area contributed by atoms with E-state index in [1.54, 1.807) is 0 Å². The number of hydrogen-bond acceptors (Lipinski definition) is 2. The average Bonchev–Trinajstić information content (AvgIpc) is 2.04. The van der Waals surface area contributed by atoms with Crippen LogP contribution >= 0.6 is 0 Å². The molecule has 2 N–H and O–H groups in total. The summed E-state index contributed by atoms with van der Waals surface area (Å²) in [6.45, 7) is 0. The molecule has 0 spiro atoms. The molecule has 0 aliphatic heterocycles. The number of hydrogen-bond donors (Lipinski definition) is 1. The van der Waals surface area contributed by atoms with Crippen LogP contribution in [0.4, 0.5) is 13.2 Å². The molecular weight excluding hydrogens is 169 g/mol.